The first-order valence-electron chi connectivity index (χ1n) is 5.63. The Bertz CT molecular complexity index is 609. The van der Waals surface area contributed by atoms with Crippen LogP contribution in [0, 0.1) is 0 Å². The molecule has 4 nitrogen and oxygen atoms in total. The summed E-state index contributed by atoms with van der Waals surface area (Å²) in [7, 11) is 0. The van der Waals surface area contributed by atoms with Crippen molar-refractivity contribution >= 4 is 18.1 Å². The van der Waals surface area contributed by atoms with Gasteiger partial charge in [-0.25, -0.2) is 0 Å². The first kappa shape index (κ1) is 10.8. The van der Waals surface area contributed by atoms with Gasteiger partial charge in [0.2, 0.25) is 0 Å². The Kier molecular flexibility index (Phi) is 2.00. The Morgan fingerprint density at radius 1 is 0.889 bits per heavy atom. The topological polar surface area (TPSA) is 90.4 Å². The molecule has 0 bridgehead atoms. The molecule has 0 heterocycles. The van der Waals surface area contributed by atoms with Crippen molar-refractivity contribution in [2.75, 3.05) is 11.5 Å². The molecule has 3 rings (SSSR count). The number of rotatable bonds is 1. The van der Waals surface area contributed by atoms with E-state index in [9.17, 15) is 0 Å². The van der Waals surface area contributed by atoms with Crippen molar-refractivity contribution in [3.05, 3.63) is 47.5 Å². The molecular formula is C14H14N4. The molecule has 0 unspecified atom stereocenters. The zero-order valence-electron chi connectivity index (χ0n) is 9.85. The lowest BCUT2D eigenvalue weighted by Gasteiger charge is -2.21. The van der Waals surface area contributed by atoms with E-state index >= 15 is 0 Å². The van der Waals surface area contributed by atoms with Crippen molar-refractivity contribution in [1.29, 1.82) is 0 Å². The fraction of sp³-hybridized carbons (Fsp3) is 0.0714. The maximum absolute atomic E-state index is 6.38. The van der Waals surface area contributed by atoms with Gasteiger partial charge < -0.3 is 11.5 Å². The molecule has 0 aromatic heterocycles. The number of aliphatic imine (C=N–C) groups is 1. The average molecular weight is 238 g/mol. The van der Waals surface area contributed by atoms with Crippen molar-refractivity contribution in [3.8, 4) is 11.1 Å². The maximum atomic E-state index is 6.38. The third-order valence-electron chi connectivity index (χ3n) is 3.45. The van der Waals surface area contributed by atoms with Gasteiger partial charge >= 0.3 is 0 Å². The number of fused-ring (bicyclic) bond motifs is 3. The van der Waals surface area contributed by atoms with Gasteiger partial charge in [0.25, 0.3) is 0 Å². The van der Waals surface area contributed by atoms with E-state index in [0.29, 0.717) is 11.4 Å². The van der Waals surface area contributed by atoms with E-state index in [1.165, 1.54) is 0 Å². The summed E-state index contributed by atoms with van der Waals surface area (Å²) >= 11 is 0. The zero-order chi connectivity index (χ0) is 12.9. The van der Waals surface area contributed by atoms with Crippen molar-refractivity contribution in [1.82, 2.24) is 0 Å². The minimum absolute atomic E-state index is 0.660. The van der Waals surface area contributed by atoms with Crippen molar-refractivity contribution in [3.63, 3.8) is 0 Å². The van der Waals surface area contributed by atoms with Gasteiger partial charge in [0.1, 0.15) is 0 Å². The number of nitrogens with two attached hydrogens (primary N) is 3. The molecule has 1 aliphatic rings. The largest absolute Gasteiger partial charge is 0.399 e. The number of benzene rings is 2. The van der Waals surface area contributed by atoms with Crippen LogP contribution in [0.5, 0.6) is 0 Å². The molecule has 0 atom stereocenters. The second kappa shape index (κ2) is 3.34. The Morgan fingerprint density at radius 2 is 1.33 bits per heavy atom. The highest BCUT2D eigenvalue weighted by molar-refractivity contribution is 5.83. The standard InChI is InChI=1S/C14H14N4/c1-18-14(17)12-6-8(15)2-4-10(12)11-5-3-9(16)7-13(11)14/h2-7H,1,15-17H2. The molecule has 4 heteroatoms. The minimum atomic E-state index is -0.963. The lowest BCUT2D eigenvalue weighted by molar-refractivity contribution is 0.593. The fourth-order valence-corrected chi connectivity index (χ4v) is 2.54. The molecule has 0 saturated carbocycles. The number of hydrogen-bond acceptors (Lipinski definition) is 4. The molecule has 2 aromatic carbocycles. The van der Waals surface area contributed by atoms with Crippen LogP contribution >= 0.6 is 0 Å². The van der Waals surface area contributed by atoms with Crippen molar-refractivity contribution in [2.45, 2.75) is 5.66 Å². The summed E-state index contributed by atoms with van der Waals surface area (Å²) in [6, 6.07) is 11.3. The normalized spacial score (nSPS) is 14.9. The van der Waals surface area contributed by atoms with Gasteiger partial charge in [-0.1, -0.05) is 12.1 Å². The van der Waals surface area contributed by atoms with Crippen LogP contribution in [0.1, 0.15) is 11.1 Å². The lowest BCUT2D eigenvalue weighted by Crippen LogP contribution is -2.33. The van der Waals surface area contributed by atoms with Gasteiger partial charge in [0, 0.05) is 22.5 Å². The molecule has 0 amide bonds. The molecule has 6 N–H and O–H groups in total. The van der Waals surface area contributed by atoms with Gasteiger partial charge in [-0.15, -0.1) is 0 Å². The van der Waals surface area contributed by atoms with Crippen molar-refractivity contribution in [2.24, 2.45) is 10.7 Å². The second-order valence-corrected chi connectivity index (χ2v) is 4.53. The number of nitrogens with zero attached hydrogens (tertiary/aromatic N) is 1. The van der Waals surface area contributed by atoms with E-state index < -0.39 is 5.66 Å². The molecule has 0 spiro atoms. The highest BCUT2D eigenvalue weighted by Gasteiger charge is 2.39. The van der Waals surface area contributed by atoms with Crippen molar-refractivity contribution < 1.29 is 0 Å². The fourth-order valence-electron chi connectivity index (χ4n) is 2.54. The summed E-state index contributed by atoms with van der Waals surface area (Å²) < 4.78 is 0. The first-order valence-corrected chi connectivity index (χ1v) is 5.63. The molecule has 0 fully saturated rings. The smallest absolute Gasteiger partial charge is 0.160 e. The van der Waals surface area contributed by atoms with Gasteiger partial charge in [0.05, 0.1) is 0 Å². The second-order valence-electron chi connectivity index (χ2n) is 4.53. The first-order chi connectivity index (χ1) is 8.56. The van der Waals surface area contributed by atoms with Crippen LogP contribution in [0.4, 0.5) is 11.4 Å². The summed E-state index contributed by atoms with van der Waals surface area (Å²) in [6.07, 6.45) is 0. The van der Waals surface area contributed by atoms with Crippen LogP contribution in [0.2, 0.25) is 0 Å². The molecule has 1 aliphatic carbocycles. The van der Waals surface area contributed by atoms with Gasteiger partial charge in [-0.3, -0.25) is 10.7 Å². The highest BCUT2D eigenvalue weighted by atomic mass is 15.0. The van der Waals surface area contributed by atoms with Crippen LogP contribution < -0.4 is 17.2 Å². The third kappa shape index (κ3) is 1.21. The Hall–Kier alpha value is -2.33. The highest BCUT2D eigenvalue weighted by Crippen LogP contribution is 2.47. The minimum Gasteiger partial charge on any atom is -0.399 e. The monoisotopic (exact) mass is 238 g/mol. The van der Waals surface area contributed by atoms with E-state index in [0.717, 1.165) is 22.3 Å². The van der Waals surface area contributed by atoms with E-state index in [1.807, 2.05) is 36.4 Å². The number of hydrogen-bond donors (Lipinski definition) is 3. The lowest BCUT2D eigenvalue weighted by atomic mass is 9.98. The zero-order valence-corrected chi connectivity index (χ0v) is 9.85. The number of nitrogen functional groups attached to an aromatic ring is 2. The Labute approximate surface area is 105 Å². The molecular weight excluding hydrogens is 224 g/mol. The molecule has 0 radical (unpaired) electrons. The molecule has 2 aromatic rings. The third-order valence-corrected chi connectivity index (χ3v) is 3.45. The number of anilines is 2. The van der Waals surface area contributed by atoms with Gasteiger partial charge in [-0.05, 0) is 42.1 Å². The summed E-state index contributed by atoms with van der Waals surface area (Å²) in [5.41, 5.74) is 22.2. The predicted octanol–water partition coefficient (Wildman–Crippen LogP) is 1.69. The van der Waals surface area contributed by atoms with Crippen LogP contribution in [0.15, 0.2) is 41.4 Å². The molecule has 0 saturated heterocycles. The summed E-state index contributed by atoms with van der Waals surface area (Å²) in [5.74, 6) is 0. The average Bonchev–Trinajstić information content (AvgIpc) is 2.60. The Balaban J connectivity index is 2.41. The predicted molar refractivity (Wildman–Crippen MR) is 75.2 cm³/mol. The van der Waals surface area contributed by atoms with Crippen LogP contribution in [-0.2, 0) is 5.66 Å². The summed E-state index contributed by atoms with van der Waals surface area (Å²) in [6.45, 7) is 3.61. The van der Waals surface area contributed by atoms with E-state index in [-0.39, 0.29) is 0 Å². The molecule has 90 valence electrons. The van der Waals surface area contributed by atoms with Crippen LogP contribution in [-0.4, -0.2) is 6.72 Å². The SMILES string of the molecule is C=NC1(N)c2cc(N)ccc2-c2ccc(N)cc21. The summed E-state index contributed by atoms with van der Waals surface area (Å²) in [5, 5.41) is 0. The summed E-state index contributed by atoms with van der Waals surface area (Å²) in [4.78, 5) is 4.10. The molecule has 18 heavy (non-hydrogen) atoms. The van der Waals surface area contributed by atoms with E-state index in [2.05, 4.69) is 11.7 Å². The van der Waals surface area contributed by atoms with E-state index in [1.54, 1.807) is 0 Å². The van der Waals surface area contributed by atoms with Gasteiger partial charge in [0.15, 0.2) is 5.66 Å². The molecule has 0 aliphatic heterocycles. The van der Waals surface area contributed by atoms with Crippen LogP contribution in [0.3, 0.4) is 0 Å². The van der Waals surface area contributed by atoms with Gasteiger partial charge in [-0.2, -0.15) is 0 Å². The Morgan fingerprint density at radius 3 is 1.72 bits per heavy atom. The quantitative estimate of drug-likeness (QED) is 0.521. The van der Waals surface area contributed by atoms with Crippen LogP contribution in [0.25, 0.3) is 11.1 Å². The van der Waals surface area contributed by atoms with E-state index in [4.69, 9.17) is 17.2 Å². The maximum Gasteiger partial charge on any atom is 0.160 e.